The standard InChI is InChI=1S/C27H28F3N3O3S/c28-27(29,30)36-20-14-16-21(17-15-20)37(31,35)32-22-8-5-11-25(26(22)34)33-23-9-3-1-6-18(23)12-13-19-7-2-4-10-24(19)33/h1-4,6-7,9-10,14-17,22,25-26,34H,5,8,11-13H2,(H2,31,32,35)/t22-,25-,26+,37-/m0/s1. The lowest BCUT2D eigenvalue weighted by molar-refractivity contribution is -0.274. The Morgan fingerprint density at radius 2 is 1.49 bits per heavy atom. The van der Waals surface area contributed by atoms with Crippen LogP contribution in [-0.2, 0) is 22.8 Å². The largest absolute Gasteiger partial charge is 0.573 e. The molecule has 1 aliphatic heterocycles. The maximum absolute atomic E-state index is 13.3. The van der Waals surface area contributed by atoms with E-state index >= 15 is 0 Å². The molecule has 1 heterocycles. The lowest BCUT2D eigenvalue weighted by atomic mass is 9.86. The van der Waals surface area contributed by atoms with Gasteiger partial charge in [0.15, 0.2) is 0 Å². The van der Waals surface area contributed by atoms with Crippen molar-refractivity contribution in [3.8, 4) is 5.75 Å². The summed E-state index contributed by atoms with van der Waals surface area (Å²) in [6.07, 6.45) is -2.05. The van der Waals surface area contributed by atoms with Crippen LogP contribution in [0, 0.1) is 4.78 Å². The summed E-state index contributed by atoms with van der Waals surface area (Å²) >= 11 is 0. The van der Waals surface area contributed by atoms with E-state index in [1.165, 1.54) is 23.3 Å². The van der Waals surface area contributed by atoms with Gasteiger partial charge in [0.1, 0.15) is 15.7 Å². The van der Waals surface area contributed by atoms with Crippen molar-refractivity contribution in [3.05, 3.63) is 83.9 Å². The number of hydrogen-bond donors (Lipinski definition) is 3. The van der Waals surface area contributed by atoms with E-state index in [-0.39, 0.29) is 10.9 Å². The summed E-state index contributed by atoms with van der Waals surface area (Å²) in [6.45, 7) is 0. The number of halogens is 3. The zero-order valence-electron chi connectivity index (χ0n) is 19.9. The molecule has 5 rings (SSSR count). The number of fused-ring (bicyclic) bond motifs is 2. The van der Waals surface area contributed by atoms with Crippen molar-refractivity contribution in [2.45, 2.75) is 61.5 Å². The highest BCUT2D eigenvalue weighted by atomic mass is 32.2. The van der Waals surface area contributed by atoms with Crippen LogP contribution in [-0.4, -0.2) is 33.9 Å². The van der Waals surface area contributed by atoms with Gasteiger partial charge in [-0.1, -0.05) is 36.4 Å². The first-order chi connectivity index (χ1) is 17.6. The molecule has 0 aromatic heterocycles. The zero-order chi connectivity index (χ0) is 26.2. The van der Waals surface area contributed by atoms with Crippen molar-refractivity contribution in [1.82, 2.24) is 4.72 Å². The summed E-state index contributed by atoms with van der Waals surface area (Å²) in [5, 5.41) is 11.5. The van der Waals surface area contributed by atoms with Crippen LogP contribution in [0.4, 0.5) is 24.5 Å². The van der Waals surface area contributed by atoms with Crippen LogP contribution in [0.2, 0.25) is 0 Å². The molecule has 1 aliphatic carbocycles. The molecule has 0 amide bonds. The molecule has 0 saturated heterocycles. The van der Waals surface area contributed by atoms with Crippen LogP contribution in [0.25, 0.3) is 0 Å². The van der Waals surface area contributed by atoms with Gasteiger partial charge in [-0.05, 0) is 79.6 Å². The average molecular weight is 532 g/mol. The molecule has 1 saturated carbocycles. The lowest BCUT2D eigenvalue weighted by Gasteiger charge is -2.43. The monoisotopic (exact) mass is 531 g/mol. The first kappa shape index (κ1) is 25.6. The number of anilines is 2. The quantitative estimate of drug-likeness (QED) is 0.394. The summed E-state index contributed by atoms with van der Waals surface area (Å²) in [4.78, 5) is 2.20. The number of alkyl halides is 3. The minimum Gasteiger partial charge on any atom is -0.406 e. The van der Waals surface area contributed by atoms with Crippen LogP contribution in [0.3, 0.4) is 0 Å². The van der Waals surface area contributed by atoms with Gasteiger partial charge in [0.05, 0.1) is 17.0 Å². The fourth-order valence-corrected chi connectivity index (χ4v) is 6.69. The van der Waals surface area contributed by atoms with Gasteiger partial charge in [-0.3, -0.25) is 0 Å². The van der Waals surface area contributed by atoms with Gasteiger partial charge in [0.25, 0.3) is 0 Å². The van der Waals surface area contributed by atoms with E-state index in [1.54, 1.807) is 0 Å². The molecule has 4 atom stereocenters. The van der Waals surface area contributed by atoms with E-state index in [0.717, 1.165) is 42.8 Å². The topological polar surface area (TPSA) is 85.7 Å². The smallest absolute Gasteiger partial charge is 0.406 e. The molecule has 0 unspecified atom stereocenters. The fraction of sp³-hybridized carbons (Fsp3) is 0.333. The third kappa shape index (κ3) is 5.46. The Kier molecular flexibility index (Phi) is 6.91. The SMILES string of the molecule is N=[S@](=O)(N[C@H]1CCC[C@H](N2c3ccccc3CCc3ccccc32)[C@@H]1O)c1ccc(OC(F)(F)F)cc1. The molecule has 6 nitrogen and oxygen atoms in total. The van der Waals surface area contributed by atoms with E-state index in [2.05, 4.69) is 38.6 Å². The number of aryl methyl sites for hydroxylation is 2. The minimum absolute atomic E-state index is 0.0156. The summed E-state index contributed by atoms with van der Waals surface area (Å²) in [5.74, 6) is -0.456. The fourth-order valence-electron chi connectivity index (χ4n) is 5.35. The Labute approximate surface area is 214 Å². The molecule has 1 fully saturated rings. The zero-order valence-corrected chi connectivity index (χ0v) is 20.8. The first-order valence-electron chi connectivity index (χ1n) is 12.2. The number of aliphatic hydroxyl groups is 1. The number of aliphatic hydroxyl groups excluding tert-OH is 1. The van der Waals surface area contributed by atoms with Gasteiger partial charge >= 0.3 is 6.36 Å². The third-order valence-corrected chi connectivity index (χ3v) is 8.60. The minimum atomic E-state index is -4.84. The highest BCUT2D eigenvalue weighted by Gasteiger charge is 2.39. The van der Waals surface area contributed by atoms with Crippen molar-refractivity contribution in [3.63, 3.8) is 0 Å². The van der Waals surface area contributed by atoms with E-state index < -0.39 is 34.2 Å². The maximum Gasteiger partial charge on any atom is 0.573 e. The molecule has 3 aromatic carbocycles. The Bertz CT molecular complexity index is 1320. The van der Waals surface area contributed by atoms with E-state index in [4.69, 9.17) is 4.78 Å². The van der Waals surface area contributed by atoms with Crippen LogP contribution in [0.1, 0.15) is 30.4 Å². The normalized spacial score (nSPS) is 23.4. The molecule has 196 valence electrons. The predicted octanol–water partition coefficient (Wildman–Crippen LogP) is 5.71. The number of ether oxygens (including phenoxy) is 1. The van der Waals surface area contributed by atoms with Gasteiger partial charge < -0.3 is 14.7 Å². The second kappa shape index (κ2) is 10.00. The highest BCUT2D eigenvalue weighted by molar-refractivity contribution is 7.90. The van der Waals surface area contributed by atoms with Crippen LogP contribution >= 0.6 is 0 Å². The molecule has 0 radical (unpaired) electrons. The van der Waals surface area contributed by atoms with Crippen LogP contribution in [0.5, 0.6) is 5.75 Å². The summed E-state index contributed by atoms with van der Waals surface area (Å²) in [6, 6.07) is 19.7. The molecular weight excluding hydrogens is 503 g/mol. The Morgan fingerprint density at radius 3 is 2.05 bits per heavy atom. The molecule has 0 spiro atoms. The van der Waals surface area contributed by atoms with E-state index in [1.807, 2.05) is 24.3 Å². The highest BCUT2D eigenvalue weighted by Crippen LogP contribution is 2.41. The second-order valence-electron chi connectivity index (χ2n) is 9.42. The molecule has 37 heavy (non-hydrogen) atoms. The van der Waals surface area contributed by atoms with Gasteiger partial charge in [0.2, 0.25) is 0 Å². The Hall–Kier alpha value is -3.08. The number of para-hydroxylation sites is 2. The summed E-state index contributed by atoms with van der Waals surface area (Å²) in [5.41, 5.74) is 4.44. The molecule has 3 aromatic rings. The first-order valence-corrected chi connectivity index (χ1v) is 13.7. The number of benzene rings is 3. The van der Waals surface area contributed by atoms with E-state index in [9.17, 15) is 22.5 Å². The Balaban J connectivity index is 1.41. The van der Waals surface area contributed by atoms with Crippen molar-refractivity contribution < 1.29 is 27.2 Å². The van der Waals surface area contributed by atoms with Crippen molar-refractivity contribution in [1.29, 1.82) is 4.78 Å². The van der Waals surface area contributed by atoms with Crippen molar-refractivity contribution >= 4 is 21.3 Å². The van der Waals surface area contributed by atoms with Crippen LogP contribution < -0.4 is 14.4 Å². The molecule has 0 bridgehead atoms. The number of rotatable bonds is 5. The second-order valence-corrected chi connectivity index (χ2v) is 11.2. The number of nitrogens with zero attached hydrogens (tertiary/aromatic N) is 1. The molecule has 2 aliphatic rings. The predicted molar refractivity (Wildman–Crippen MR) is 135 cm³/mol. The van der Waals surface area contributed by atoms with Gasteiger partial charge in [-0.15, -0.1) is 13.2 Å². The molecule has 10 heteroatoms. The maximum atomic E-state index is 13.3. The summed E-state index contributed by atoms with van der Waals surface area (Å²) in [7, 11) is -3.60. The lowest BCUT2D eigenvalue weighted by Crippen LogP contribution is -2.55. The third-order valence-electron chi connectivity index (χ3n) is 7.03. The van der Waals surface area contributed by atoms with Gasteiger partial charge in [0, 0.05) is 17.4 Å². The van der Waals surface area contributed by atoms with Gasteiger partial charge in [-0.25, -0.2) is 13.7 Å². The van der Waals surface area contributed by atoms with Gasteiger partial charge in [-0.2, -0.15) is 0 Å². The van der Waals surface area contributed by atoms with Crippen LogP contribution in [0.15, 0.2) is 77.7 Å². The number of nitrogens with one attached hydrogen (secondary N) is 2. The van der Waals surface area contributed by atoms with Crippen molar-refractivity contribution in [2.24, 2.45) is 0 Å². The molecule has 3 N–H and O–H groups in total. The Morgan fingerprint density at radius 1 is 0.919 bits per heavy atom. The number of hydrogen-bond acceptors (Lipinski definition) is 5. The van der Waals surface area contributed by atoms with Crippen molar-refractivity contribution in [2.75, 3.05) is 4.90 Å². The van der Waals surface area contributed by atoms with E-state index in [0.29, 0.717) is 12.8 Å². The molecular formula is C27H28F3N3O3S. The average Bonchev–Trinajstić information content (AvgIpc) is 3.02. The summed E-state index contributed by atoms with van der Waals surface area (Å²) < 4.78 is 65.8.